The van der Waals surface area contributed by atoms with Crippen LogP contribution in [-0.4, -0.2) is 42.6 Å². The second-order valence-corrected chi connectivity index (χ2v) is 5.50. The summed E-state index contributed by atoms with van der Waals surface area (Å²) in [6, 6.07) is 3.96. The molecule has 0 spiro atoms. The predicted octanol–water partition coefficient (Wildman–Crippen LogP) is 2.35. The SMILES string of the molecule is COCCN(CCC(N)=S)C(=O)c1ccc(F)cc1Br. The van der Waals surface area contributed by atoms with Gasteiger partial charge in [-0.1, -0.05) is 12.2 Å². The van der Waals surface area contributed by atoms with Gasteiger partial charge in [-0.2, -0.15) is 0 Å². The second-order valence-electron chi connectivity index (χ2n) is 4.13. The Balaban J connectivity index is 2.87. The first-order valence-electron chi connectivity index (χ1n) is 5.97. The van der Waals surface area contributed by atoms with Gasteiger partial charge in [0.25, 0.3) is 5.91 Å². The Hall–Kier alpha value is -1.05. The van der Waals surface area contributed by atoms with Gasteiger partial charge in [0.2, 0.25) is 0 Å². The van der Waals surface area contributed by atoms with E-state index in [4.69, 9.17) is 22.7 Å². The van der Waals surface area contributed by atoms with Crippen LogP contribution in [0.2, 0.25) is 0 Å². The molecule has 1 aromatic carbocycles. The molecule has 1 amide bonds. The topological polar surface area (TPSA) is 55.6 Å². The summed E-state index contributed by atoms with van der Waals surface area (Å²) in [6.07, 6.45) is 0.434. The number of nitrogens with zero attached hydrogens (tertiary/aromatic N) is 1. The summed E-state index contributed by atoms with van der Waals surface area (Å²) >= 11 is 8.02. The lowest BCUT2D eigenvalue weighted by molar-refractivity contribution is 0.0700. The fraction of sp³-hybridized carbons (Fsp3) is 0.385. The van der Waals surface area contributed by atoms with E-state index in [1.165, 1.54) is 18.2 Å². The van der Waals surface area contributed by atoms with Gasteiger partial charge < -0.3 is 15.4 Å². The largest absolute Gasteiger partial charge is 0.393 e. The van der Waals surface area contributed by atoms with Crippen LogP contribution in [0.4, 0.5) is 4.39 Å². The molecule has 1 rings (SSSR count). The van der Waals surface area contributed by atoms with E-state index in [0.717, 1.165) is 0 Å². The fourth-order valence-corrected chi connectivity index (χ4v) is 2.21. The zero-order valence-corrected chi connectivity index (χ0v) is 13.5. The van der Waals surface area contributed by atoms with Gasteiger partial charge in [0.05, 0.1) is 17.2 Å². The van der Waals surface area contributed by atoms with Crippen LogP contribution in [0.1, 0.15) is 16.8 Å². The van der Waals surface area contributed by atoms with Gasteiger partial charge >= 0.3 is 0 Å². The van der Waals surface area contributed by atoms with Crippen molar-refractivity contribution in [1.29, 1.82) is 0 Å². The van der Waals surface area contributed by atoms with E-state index in [0.29, 0.717) is 41.1 Å². The highest BCUT2D eigenvalue weighted by atomic mass is 79.9. The number of ether oxygens (including phenoxy) is 1. The van der Waals surface area contributed by atoms with Gasteiger partial charge in [0.1, 0.15) is 5.82 Å². The van der Waals surface area contributed by atoms with Crippen LogP contribution >= 0.6 is 28.1 Å². The zero-order valence-electron chi connectivity index (χ0n) is 11.1. The van der Waals surface area contributed by atoms with Crippen molar-refractivity contribution in [2.45, 2.75) is 6.42 Å². The third-order valence-electron chi connectivity index (χ3n) is 2.64. The van der Waals surface area contributed by atoms with Crippen molar-refractivity contribution in [3.05, 3.63) is 34.1 Å². The third kappa shape index (κ3) is 5.15. The minimum absolute atomic E-state index is 0.217. The molecule has 0 radical (unpaired) electrons. The van der Waals surface area contributed by atoms with Gasteiger partial charge in [-0.25, -0.2) is 4.39 Å². The van der Waals surface area contributed by atoms with Gasteiger partial charge in [-0.15, -0.1) is 0 Å². The highest BCUT2D eigenvalue weighted by Crippen LogP contribution is 2.20. The first kappa shape index (κ1) is 17.0. The Morgan fingerprint density at radius 1 is 1.50 bits per heavy atom. The Kier molecular flexibility index (Phi) is 7.04. The summed E-state index contributed by atoms with van der Waals surface area (Å²) in [5.74, 6) is -0.620. The van der Waals surface area contributed by atoms with E-state index in [1.807, 2.05) is 0 Å². The Morgan fingerprint density at radius 3 is 2.75 bits per heavy atom. The van der Waals surface area contributed by atoms with Crippen molar-refractivity contribution in [3.8, 4) is 0 Å². The Bertz CT molecular complexity index is 499. The molecular weight excluding hydrogens is 347 g/mol. The van der Waals surface area contributed by atoms with Gasteiger partial charge in [0, 0.05) is 31.1 Å². The quantitative estimate of drug-likeness (QED) is 0.756. The Morgan fingerprint density at radius 2 is 2.20 bits per heavy atom. The van der Waals surface area contributed by atoms with Crippen molar-refractivity contribution < 1.29 is 13.9 Å². The number of hydrogen-bond donors (Lipinski definition) is 1. The molecule has 0 heterocycles. The van der Waals surface area contributed by atoms with Crippen LogP contribution in [0, 0.1) is 5.82 Å². The van der Waals surface area contributed by atoms with Crippen LogP contribution in [0.3, 0.4) is 0 Å². The maximum Gasteiger partial charge on any atom is 0.255 e. The van der Waals surface area contributed by atoms with E-state index in [1.54, 1.807) is 12.0 Å². The smallest absolute Gasteiger partial charge is 0.255 e. The molecular formula is C13H16BrFN2O2S. The number of amides is 1. The molecule has 2 N–H and O–H groups in total. The standard InChI is InChI=1S/C13H16BrFN2O2S/c1-19-7-6-17(5-4-12(16)20)13(18)10-3-2-9(15)8-11(10)14/h2-3,8H,4-7H2,1H3,(H2,16,20). The van der Waals surface area contributed by atoms with E-state index >= 15 is 0 Å². The number of halogens is 2. The van der Waals surface area contributed by atoms with Gasteiger partial charge in [0.15, 0.2) is 0 Å². The maximum atomic E-state index is 13.1. The monoisotopic (exact) mass is 362 g/mol. The van der Waals surface area contributed by atoms with Gasteiger partial charge in [-0.3, -0.25) is 4.79 Å². The fourth-order valence-electron chi connectivity index (χ4n) is 1.59. The summed E-state index contributed by atoms with van der Waals surface area (Å²) in [4.78, 5) is 14.4. The number of hydrogen-bond acceptors (Lipinski definition) is 3. The molecule has 0 bridgehead atoms. The number of carbonyl (C=O) groups is 1. The maximum absolute atomic E-state index is 13.1. The third-order valence-corrected chi connectivity index (χ3v) is 3.50. The molecule has 0 saturated heterocycles. The normalized spacial score (nSPS) is 10.3. The lowest BCUT2D eigenvalue weighted by Crippen LogP contribution is -2.36. The minimum Gasteiger partial charge on any atom is -0.393 e. The Labute approximate surface area is 131 Å². The van der Waals surface area contributed by atoms with E-state index in [2.05, 4.69) is 15.9 Å². The van der Waals surface area contributed by atoms with Gasteiger partial charge in [-0.05, 0) is 34.1 Å². The number of benzene rings is 1. The molecule has 20 heavy (non-hydrogen) atoms. The molecule has 0 aliphatic rings. The van der Waals surface area contributed by atoms with Crippen LogP contribution in [0.15, 0.2) is 22.7 Å². The molecule has 0 aliphatic heterocycles. The van der Waals surface area contributed by atoms with Crippen molar-refractivity contribution in [2.24, 2.45) is 5.73 Å². The molecule has 7 heteroatoms. The molecule has 110 valence electrons. The highest BCUT2D eigenvalue weighted by Gasteiger charge is 2.18. The van der Waals surface area contributed by atoms with E-state index in [9.17, 15) is 9.18 Å². The lowest BCUT2D eigenvalue weighted by Gasteiger charge is -2.22. The minimum atomic E-state index is -0.403. The number of rotatable bonds is 7. The van der Waals surface area contributed by atoms with Crippen molar-refractivity contribution >= 4 is 39.0 Å². The van der Waals surface area contributed by atoms with E-state index < -0.39 is 5.82 Å². The lowest BCUT2D eigenvalue weighted by atomic mass is 10.2. The molecule has 4 nitrogen and oxygen atoms in total. The predicted molar refractivity (Wildman–Crippen MR) is 83.3 cm³/mol. The van der Waals surface area contributed by atoms with E-state index in [-0.39, 0.29) is 5.91 Å². The summed E-state index contributed by atoms with van der Waals surface area (Å²) < 4.78 is 18.5. The number of methoxy groups -OCH3 is 1. The van der Waals surface area contributed by atoms with Crippen LogP contribution in [0.5, 0.6) is 0 Å². The molecule has 0 atom stereocenters. The average Bonchev–Trinajstić information content (AvgIpc) is 2.38. The highest BCUT2D eigenvalue weighted by molar-refractivity contribution is 9.10. The molecule has 0 aromatic heterocycles. The summed E-state index contributed by atoms with van der Waals surface area (Å²) in [5, 5.41) is 0. The van der Waals surface area contributed by atoms with Crippen molar-refractivity contribution in [2.75, 3.05) is 26.8 Å². The van der Waals surface area contributed by atoms with Crippen LogP contribution in [0.25, 0.3) is 0 Å². The molecule has 0 unspecified atom stereocenters. The van der Waals surface area contributed by atoms with Crippen molar-refractivity contribution in [1.82, 2.24) is 4.90 Å². The van der Waals surface area contributed by atoms with Crippen molar-refractivity contribution in [3.63, 3.8) is 0 Å². The first-order chi connectivity index (χ1) is 9.45. The zero-order chi connectivity index (χ0) is 15.1. The summed E-state index contributed by atoms with van der Waals surface area (Å²) in [7, 11) is 1.56. The number of thiocarbonyl (C=S) groups is 1. The molecule has 0 saturated carbocycles. The summed E-state index contributed by atoms with van der Waals surface area (Å²) in [5.41, 5.74) is 5.86. The van der Waals surface area contributed by atoms with Crippen LogP contribution < -0.4 is 5.73 Å². The molecule has 0 aliphatic carbocycles. The number of carbonyl (C=O) groups excluding carboxylic acids is 1. The number of nitrogens with two attached hydrogens (primary N) is 1. The second kappa shape index (κ2) is 8.28. The molecule has 1 aromatic rings. The average molecular weight is 363 g/mol. The summed E-state index contributed by atoms with van der Waals surface area (Å²) in [6.45, 7) is 1.23. The first-order valence-corrected chi connectivity index (χ1v) is 7.17. The van der Waals surface area contributed by atoms with Crippen LogP contribution in [-0.2, 0) is 4.74 Å². The molecule has 0 fully saturated rings.